The van der Waals surface area contributed by atoms with E-state index in [-0.39, 0.29) is 17.3 Å². The van der Waals surface area contributed by atoms with Crippen LogP contribution < -0.4 is 5.73 Å². The van der Waals surface area contributed by atoms with Crippen molar-refractivity contribution in [2.24, 2.45) is 5.73 Å². The van der Waals surface area contributed by atoms with Gasteiger partial charge in [0.2, 0.25) is 0 Å². The molecule has 0 saturated carbocycles. The van der Waals surface area contributed by atoms with Crippen LogP contribution >= 0.6 is 0 Å². The van der Waals surface area contributed by atoms with Gasteiger partial charge in [0, 0.05) is 6.07 Å². The molecule has 116 valence electrons. The summed E-state index contributed by atoms with van der Waals surface area (Å²) in [5, 5.41) is 17.7. The van der Waals surface area contributed by atoms with Crippen LogP contribution in [-0.4, -0.2) is 20.1 Å². The number of nitro groups is 1. The third-order valence-corrected chi connectivity index (χ3v) is 3.37. The number of nitrogens with zero attached hydrogens (tertiary/aromatic N) is 3. The van der Waals surface area contributed by atoms with Gasteiger partial charge in [0.05, 0.1) is 16.5 Å². The Morgan fingerprint density at radius 1 is 1.17 bits per heavy atom. The van der Waals surface area contributed by atoms with E-state index >= 15 is 0 Å². The molecular formula is C15H12FN5O2. The zero-order chi connectivity index (χ0) is 16.4. The van der Waals surface area contributed by atoms with Crippen LogP contribution in [0.15, 0.2) is 48.5 Å². The molecule has 3 N–H and O–H groups in total. The van der Waals surface area contributed by atoms with Gasteiger partial charge in [-0.25, -0.2) is 9.37 Å². The molecule has 1 aromatic heterocycles. The highest BCUT2D eigenvalue weighted by molar-refractivity contribution is 5.67. The summed E-state index contributed by atoms with van der Waals surface area (Å²) >= 11 is 0. The quantitative estimate of drug-likeness (QED) is 0.568. The lowest BCUT2D eigenvalue weighted by Crippen LogP contribution is -2.13. The number of aromatic nitrogens is 3. The number of H-pyrrole nitrogens is 1. The summed E-state index contributed by atoms with van der Waals surface area (Å²) in [5.74, 6) is 0.161. The monoisotopic (exact) mass is 313 g/mol. The van der Waals surface area contributed by atoms with Crippen molar-refractivity contribution < 1.29 is 9.31 Å². The fourth-order valence-electron chi connectivity index (χ4n) is 2.18. The van der Waals surface area contributed by atoms with Gasteiger partial charge in [0.1, 0.15) is 11.6 Å². The Hall–Kier alpha value is -3.13. The molecule has 2 aromatic carbocycles. The number of benzene rings is 2. The first kappa shape index (κ1) is 14.8. The van der Waals surface area contributed by atoms with Gasteiger partial charge in [0.15, 0.2) is 5.82 Å². The van der Waals surface area contributed by atoms with Crippen LogP contribution in [-0.2, 0) is 0 Å². The van der Waals surface area contributed by atoms with E-state index in [0.717, 1.165) is 0 Å². The fourth-order valence-corrected chi connectivity index (χ4v) is 2.18. The number of hydrogen-bond donors (Lipinski definition) is 2. The summed E-state index contributed by atoms with van der Waals surface area (Å²) in [6, 6.07) is 11.2. The SMILES string of the molecule is N[C@@H](c1ccc(F)cc1)c1nc(-c2ccccc2[N+](=O)[O-])n[nH]1. The van der Waals surface area contributed by atoms with Gasteiger partial charge in [-0.15, -0.1) is 0 Å². The molecule has 1 atom stereocenters. The highest BCUT2D eigenvalue weighted by Gasteiger charge is 2.20. The van der Waals surface area contributed by atoms with E-state index < -0.39 is 11.0 Å². The smallest absolute Gasteiger partial charge is 0.280 e. The summed E-state index contributed by atoms with van der Waals surface area (Å²) in [7, 11) is 0. The van der Waals surface area contributed by atoms with Crippen LogP contribution in [0.4, 0.5) is 10.1 Å². The van der Waals surface area contributed by atoms with Gasteiger partial charge in [-0.1, -0.05) is 24.3 Å². The van der Waals surface area contributed by atoms with E-state index in [1.165, 1.54) is 18.2 Å². The zero-order valence-electron chi connectivity index (χ0n) is 11.8. The molecule has 0 saturated heterocycles. The van der Waals surface area contributed by atoms with Gasteiger partial charge >= 0.3 is 0 Å². The minimum atomic E-state index is -0.639. The molecule has 1 heterocycles. The van der Waals surface area contributed by atoms with Crippen molar-refractivity contribution in [3.8, 4) is 11.4 Å². The lowest BCUT2D eigenvalue weighted by molar-refractivity contribution is -0.384. The fraction of sp³-hybridized carbons (Fsp3) is 0.0667. The first-order valence-electron chi connectivity index (χ1n) is 6.73. The number of nitrogens with one attached hydrogen (secondary N) is 1. The van der Waals surface area contributed by atoms with Gasteiger partial charge in [-0.2, -0.15) is 5.10 Å². The Morgan fingerprint density at radius 3 is 2.57 bits per heavy atom. The summed E-state index contributed by atoms with van der Waals surface area (Å²) in [5.41, 5.74) is 6.92. The number of nitrogens with two attached hydrogens (primary N) is 1. The molecule has 0 bridgehead atoms. The molecule has 0 aliphatic carbocycles. The van der Waals surface area contributed by atoms with Gasteiger partial charge in [-0.05, 0) is 23.8 Å². The van der Waals surface area contributed by atoms with Crippen molar-refractivity contribution in [1.29, 1.82) is 0 Å². The van der Waals surface area contributed by atoms with Crippen molar-refractivity contribution in [2.75, 3.05) is 0 Å². The molecule has 0 unspecified atom stereocenters. The molecule has 3 rings (SSSR count). The Balaban J connectivity index is 1.95. The second-order valence-corrected chi connectivity index (χ2v) is 4.85. The maximum Gasteiger partial charge on any atom is 0.280 e. The van der Waals surface area contributed by atoms with Gasteiger partial charge < -0.3 is 5.73 Å². The molecule has 0 aliphatic rings. The second-order valence-electron chi connectivity index (χ2n) is 4.85. The summed E-state index contributed by atoms with van der Waals surface area (Å²) in [4.78, 5) is 14.8. The Kier molecular flexibility index (Phi) is 3.82. The van der Waals surface area contributed by atoms with E-state index in [1.807, 2.05) is 0 Å². The normalized spacial score (nSPS) is 12.1. The zero-order valence-corrected chi connectivity index (χ0v) is 11.8. The minimum absolute atomic E-state index is 0.0894. The first-order valence-corrected chi connectivity index (χ1v) is 6.73. The molecule has 23 heavy (non-hydrogen) atoms. The van der Waals surface area contributed by atoms with Crippen LogP contribution in [0.3, 0.4) is 0 Å². The predicted molar refractivity (Wildman–Crippen MR) is 80.9 cm³/mol. The highest BCUT2D eigenvalue weighted by atomic mass is 19.1. The van der Waals surface area contributed by atoms with Crippen LogP contribution in [0.1, 0.15) is 17.4 Å². The molecule has 3 aromatic rings. The van der Waals surface area contributed by atoms with E-state index in [9.17, 15) is 14.5 Å². The van der Waals surface area contributed by atoms with Crippen LogP contribution in [0.25, 0.3) is 11.4 Å². The van der Waals surface area contributed by atoms with Crippen molar-refractivity contribution in [1.82, 2.24) is 15.2 Å². The minimum Gasteiger partial charge on any atom is -0.318 e. The predicted octanol–water partition coefficient (Wildman–Crippen LogP) is 2.57. The molecule has 8 heteroatoms. The summed E-state index contributed by atoms with van der Waals surface area (Å²) < 4.78 is 13.0. The Labute approximate surface area is 130 Å². The average molecular weight is 313 g/mol. The van der Waals surface area contributed by atoms with E-state index in [0.29, 0.717) is 17.0 Å². The molecule has 0 spiro atoms. The van der Waals surface area contributed by atoms with Crippen LogP contribution in [0, 0.1) is 15.9 Å². The van der Waals surface area contributed by atoms with Crippen LogP contribution in [0.5, 0.6) is 0 Å². The van der Waals surface area contributed by atoms with Crippen molar-refractivity contribution >= 4 is 5.69 Å². The lowest BCUT2D eigenvalue weighted by Gasteiger charge is -2.07. The first-order chi connectivity index (χ1) is 11.1. The van der Waals surface area contributed by atoms with Crippen molar-refractivity contribution in [3.05, 3.63) is 75.9 Å². The molecule has 0 fully saturated rings. The van der Waals surface area contributed by atoms with Gasteiger partial charge in [0.25, 0.3) is 5.69 Å². The third-order valence-electron chi connectivity index (χ3n) is 3.37. The van der Waals surface area contributed by atoms with E-state index in [2.05, 4.69) is 15.2 Å². The molecule has 7 nitrogen and oxygen atoms in total. The summed E-state index contributed by atoms with van der Waals surface area (Å²) in [6.07, 6.45) is 0. The largest absolute Gasteiger partial charge is 0.318 e. The highest BCUT2D eigenvalue weighted by Crippen LogP contribution is 2.27. The number of aromatic amines is 1. The van der Waals surface area contributed by atoms with E-state index in [1.54, 1.807) is 30.3 Å². The topological polar surface area (TPSA) is 111 Å². The molecular weight excluding hydrogens is 301 g/mol. The number of halogens is 1. The second kappa shape index (κ2) is 5.93. The van der Waals surface area contributed by atoms with Crippen LogP contribution in [0.2, 0.25) is 0 Å². The maximum atomic E-state index is 13.0. The Morgan fingerprint density at radius 2 is 1.87 bits per heavy atom. The van der Waals surface area contributed by atoms with Crippen molar-refractivity contribution in [3.63, 3.8) is 0 Å². The average Bonchev–Trinajstić information content (AvgIpc) is 3.04. The van der Waals surface area contributed by atoms with Crippen molar-refractivity contribution in [2.45, 2.75) is 6.04 Å². The number of para-hydroxylation sites is 1. The number of nitro benzene ring substituents is 1. The number of rotatable bonds is 4. The number of hydrogen-bond acceptors (Lipinski definition) is 5. The van der Waals surface area contributed by atoms with E-state index in [4.69, 9.17) is 5.73 Å². The standard InChI is InChI=1S/C15H12FN5O2/c16-10-7-5-9(6-8-10)13(17)15-18-14(19-20-15)11-3-1-2-4-12(11)21(22)23/h1-8,13H,17H2,(H,18,19,20)/t13-/m0/s1. The molecule has 0 amide bonds. The maximum absolute atomic E-state index is 13.0. The molecule has 0 radical (unpaired) electrons. The summed E-state index contributed by atoms with van der Waals surface area (Å²) in [6.45, 7) is 0. The third kappa shape index (κ3) is 2.92. The molecule has 0 aliphatic heterocycles. The van der Waals surface area contributed by atoms with Gasteiger partial charge in [-0.3, -0.25) is 15.2 Å². The Bertz CT molecular complexity index is 847. The lowest BCUT2D eigenvalue weighted by atomic mass is 10.1.